The van der Waals surface area contributed by atoms with Crippen molar-refractivity contribution in [3.63, 3.8) is 0 Å². The fourth-order valence-corrected chi connectivity index (χ4v) is 1.27. The van der Waals surface area contributed by atoms with E-state index < -0.39 is 0 Å². The Kier molecular flexibility index (Phi) is 5.22. The van der Waals surface area contributed by atoms with Gasteiger partial charge < -0.3 is 5.11 Å². The molecule has 3 heteroatoms. The minimum atomic E-state index is 0.118. The average Bonchev–Trinajstić information content (AvgIpc) is 2.20. The van der Waals surface area contributed by atoms with E-state index in [0.717, 1.165) is 6.54 Å². The summed E-state index contributed by atoms with van der Waals surface area (Å²) in [5.74, 6) is 0. The zero-order valence-electron chi connectivity index (χ0n) is 8.52. The van der Waals surface area contributed by atoms with Gasteiger partial charge in [-0.1, -0.05) is 30.3 Å². The van der Waals surface area contributed by atoms with Crippen LogP contribution in [-0.4, -0.2) is 29.9 Å². The minimum Gasteiger partial charge on any atom is -0.395 e. The first kappa shape index (κ1) is 11.2. The second-order valence-electron chi connectivity index (χ2n) is 2.99. The Morgan fingerprint density at radius 1 is 1.29 bits per heavy atom. The van der Waals surface area contributed by atoms with Crippen LogP contribution in [0.5, 0.6) is 0 Å². The highest BCUT2D eigenvalue weighted by Gasteiger charge is 2.03. The van der Waals surface area contributed by atoms with Gasteiger partial charge in [-0.15, -0.1) is 0 Å². The molecule has 78 valence electrons. The van der Waals surface area contributed by atoms with Gasteiger partial charge in [-0.3, -0.25) is 4.84 Å². The number of nitrogens with zero attached hydrogens (tertiary/aromatic N) is 1. The van der Waals surface area contributed by atoms with Crippen LogP contribution in [0.4, 0.5) is 0 Å². The first-order valence-corrected chi connectivity index (χ1v) is 4.89. The summed E-state index contributed by atoms with van der Waals surface area (Å²) in [7, 11) is 0. The molecule has 0 aliphatic carbocycles. The summed E-state index contributed by atoms with van der Waals surface area (Å²) in [5, 5.41) is 10.6. The highest BCUT2D eigenvalue weighted by Crippen LogP contribution is 2.04. The molecule has 0 radical (unpaired) electrons. The predicted octanol–water partition coefficient (Wildman–Crippen LogP) is 1.43. The predicted molar refractivity (Wildman–Crippen MR) is 55.6 cm³/mol. The van der Waals surface area contributed by atoms with E-state index in [0.29, 0.717) is 13.2 Å². The Bertz CT molecular complexity index is 232. The lowest BCUT2D eigenvalue weighted by atomic mass is 10.2. The Balaban J connectivity index is 2.46. The SMILES string of the molecule is CCON(CCO)Cc1ccccc1. The first-order valence-electron chi connectivity index (χ1n) is 4.89. The smallest absolute Gasteiger partial charge is 0.0657 e. The summed E-state index contributed by atoms with van der Waals surface area (Å²) in [4.78, 5) is 5.36. The molecule has 0 fully saturated rings. The fraction of sp³-hybridized carbons (Fsp3) is 0.455. The van der Waals surface area contributed by atoms with Crippen LogP contribution in [0.15, 0.2) is 30.3 Å². The van der Waals surface area contributed by atoms with E-state index in [1.54, 1.807) is 5.06 Å². The van der Waals surface area contributed by atoms with Crippen LogP contribution in [0.1, 0.15) is 12.5 Å². The Morgan fingerprint density at radius 3 is 2.57 bits per heavy atom. The largest absolute Gasteiger partial charge is 0.395 e. The lowest BCUT2D eigenvalue weighted by molar-refractivity contribution is -0.166. The van der Waals surface area contributed by atoms with Crippen molar-refractivity contribution in [3.8, 4) is 0 Å². The van der Waals surface area contributed by atoms with Crippen LogP contribution in [-0.2, 0) is 11.4 Å². The van der Waals surface area contributed by atoms with Crippen LogP contribution in [0.25, 0.3) is 0 Å². The molecule has 0 aliphatic rings. The highest BCUT2D eigenvalue weighted by molar-refractivity contribution is 5.14. The van der Waals surface area contributed by atoms with Crippen molar-refractivity contribution in [2.45, 2.75) is 13.5 Å². The molecule has 1 aromatic rings. The molecular formula is C11H17NO2. The molecule has 0 unspecified atom stereocenters. The number of hydrogen-bond donors (Lipinski definition) is 1. The molecule has 0 spiro atoms. The van der Waals surface area contributed by atoms with E-state index in [-0.39, 0.29) is 6.61 Å². The summed E-state index contributed by atoms with van der Waals surface area (Å²) < 4.78 is 0. The lowest BCUT2D eigenvalue weighted by Crippen LogP contribution is -2.26. The monoisotopic (exact) mass is 195 g/mol. The van der Waals surface area contributed by atoms with Gasteiger partial charge in [-0.25, -0.2) is 0 Å². The second-order valence-corrected chi connectivity index (χ2v) is 2.99. The Hall–Kier alpha value is -0.900. The van der Waals surface area contributed by atoms with E-state index >= 15 is 0 Å². The van der Waals surface area contributed by atoms with Gasteiger partial charge in [-0.2, -0.15) is 5.06 Å². The average molecular weight is 195 g/mol. The third-order valence-corrected chi connectivity index (χ3v) is 1.86. The van der Waals surface area contributed by atoms with Gasteiger partial charge in [0.15, 0.2) is 0 Å². The maximum Gasteiger partial charge on any atom is 0.0657 e. The lowest BCUT2D eigenvalue weighted by Gasteiger charge is -2.19. The van der Waals surface area contributed by atoms with Gasteiger partial charge in [-0.05, 0) is 12.5 Å². The molecular weight excluding hydrogens is 178 g/mol. The molecule has 0 atom stereocenters. The molecule has 0 bridgehead atoms. The molecule has 0 aliphatic heterocycles. The summed E-state index contributed by atoms with van der Waals surface area (Å²) in [6, 6.07) is 10.1. The van der Waals surface area contributed by atoms with Crippen molar-refractivity contribution in [1.82, 2.24) is 5.06 Å². The molecule has 0 aromatic heterocycles. The fourth-order valence-electron chi connectivity index (χ4n) is 1.27. The van der Waals surface area contributed by atoms with Gasteiger partial charge in [0.25, 0.3) is 0 Å². The summed E-state index contributed by atoms with van der Waals surface area (Å²) in [6.07, 6.45) is 0. The molecule has 1 rings (SSSR count). The van der Waals surface area contributed by atoms with Gasteiger partial charge >= 0.3 is 0 Å². The number of hydroxylamine groups is 2. The number of hydrogen-bond acceptors (Lipinski definition) is 3. The number of benzene rings is 1. The molecule has 1 aromatic carbocycles. The van der Waals surface area contributed by atoms with E-state index in [1.165, 1.54) is 5.56 Å². The third kappa shape index (κ3) is 3.87. The number of aliphatic hydroxyl groups is 1. The minimum absolute atomic E-state index is 0.118. The van der Waals surface area contributed by atoms with E-state index in [2.05, 4.69) is 0 Å². The zero-order valence-corrected chi connectivity index (χ0v) is 8.52. The summed E-state index contributed by atoms with van der Waals surface area (Å²) in [6.45, 7) is 3.95. The van der Waals surface area contributed by atoms with Crippen LogP contribution in [0.3, 0.4) is 0 Å². The summed E-state index contributed by atoms with van der Waals surface area (Å²) in [5.41, 5.74) is 1.19. The van der Waals surface area contributed by atoms with Crippen LogP contribution in [0.2, 0.25) is 0 Å². The molecule has 1 N–H and O–H groups in total. The summed E-state index contributed by atoms with van der Waals surface area (Å²) >= 11 is 0. The van der Waals surface area contributed by atoms with Crippen LogP contribution in [0, 0.1) is 0 Å². The van der Waals surface area contributed by atoms with Gasteiger partial charge in [0.2, 0.25) is 0 Å². The van der Waals surface area contributed by atoms with E-state index in [9.17, 15) is 0 Å². The van der Waals surface area contributed by atoms with E-state index in [1.807, 2.05) is 37.3 Å². The van der Waals surface area contributed by atoms with Crippen molar-refractivity contribution >= 4 is 0 Å². The highest BCUT2D eigenvalue weighted by atomic mass is 16.7. The molecule has 0 heterocycles. The van der Waals surface area contributed by atoms with Crippen molar-refractivity contribution in [3.05, 3.63) is 35.9 Å². The van der Waals surface area contributed by atoms with Gasteiger partial charge in [0.1, 0.15) is 0 Å². The quantitative estimate of drug-likeness (QED) is 0.697. The van der Waals surface area contributed by atoms with Crippen molar-refractivity contribution in [2.24, 2.45) is 0 Å². The maximum atomic E-state index is 8.82. The Morgan fingerprint density at radius 2 is 2.00 bits per heavy atom. The molecule has 0 saturated heterocycles. The van der Waals surface area contributed by atoms with Crippen molar-refractivity contribution in [1.29, 1.82) is 0 Å². The molecule has 3 nitrogen and oxygen atoms in total. The normalized spacial score (nSPS) is 10.8. The zero-order chi connectivity index (χ0) is 10.2. The van der Waals surface area contributed by atoms with Gasteiger partial charge in [0, 0.05) is 13.1 Å². The number of rotatable bonds is 6. The van der Waals surface area contributed by atoms with Crippen LogP contribution >= 0.6 is 0 Å². The van der Waals surface area contributed by atoms with E-state index in [4.69, 9.17) is 9.94 Å². The second kappa shape index (κ2) is 6.54. The molecule has 14 heavy (non-hydrogen) atoms. The third-order valence-electron chi connectivity index (χ3n) is 1.86. The van der Waals surface area contributed by atoms with Gasteiger partial charge in [0.05, 0.1) is 13.2 Å². The van der Waals surface area contributed by atoms with Crippen molar-refractivity contribution in [2.75, 3.05) is 19.8 Å². The standard InChI is InChI=1S/C11H17NO2/c1-2-14-12(8-9-13)10-11-6-4-3-5-7-11/h3-7,13H,2,8-10H2,1H3. The van der Waals surface area contributed by atoms with Crippen molar-refractivity contribution < 1.29 is 9.94 Å². The van der Waals surface area contributed by atoms with Crippen LogP contribution < -0.4 is 0 Å². The Labute approximate surface area is 84.9 Å². The topological polar surface area (TPSA) is 32.7 Å². The number of aliphatic hydroxyl groups excluding tert-OH is 1. The molecule has 0 saturated carbocycles. The first-order chi connectivity index (χ1) is 6.86. The maximum absolute atomic E-state index is 8.82. The molecule has 0 amide bonds.